The Kier molecular flexibility index (Phi) is 4.29. The first kappa shape index (κ1) is 14.1. The third-order valence-electron chi connectivity index (χ3n) is 4.34. The van der Waals surface area contributed by atoms with Crippen molar-refractivity contribution in [2.24, 2.45) is 11.1 Å². The molecule has 3 amide bonds. The number of carbonyl (C=O) groups excluding carboxylic acids is 2. The van der Waals surface area contributed by atoms with Gasteiger partial charge < -0.3 is 20.9 Å². The van der Waals surface area contributed by atoms with Gasteiger partial charge in [-0.3, -0.25) is 4.79 Å². The summed E-state index contributed by atoms with van der Waals surface area (Å²) in [6, 6.07) is -0.0354. The number of carbonyl (C=O) groups is 2. The summed E-state index contributed by atoms with van der Waals surface area (Å²) in [5.74, 6) is 0.191. The van der Waals surface area contributed by atoms with Crippen molar-refractivity contribution < 1.29 is 9.59 Å². The van der Waals surface area contributed by atoms with Gasteiger partial charge in [-0.2, -0.15) is 0 Å². The molecule has 108 valence electrons. The normalized spacial score (nSPS) is 21.8. The Balaban J connectivity index is 1.86. The second-order valence-corrected chi connectivity index (χ2v) is 5.45. The van der Waals surface area contributed by atoms with Gasteiger partial charge in [-0.1, -0.05) is 6.42 Å². The first-order chi connectivity index (χ1) is 9.13. The Labute approximate surface area is 114 Å². The van der Waals surface area contributed by atoms with E-state index >= 15 is 0 Å². The largest absolute Gasteiger partial charge is 0.339 e. The quantitative estimate of drug-likeness (QED) is 0.755. The molecule has 0 aromatic carbocycles. The summed E-state index contributed by atoms with van der Waals surface area (Å²) in [5.41, 5.74) is 5.47. The van der Waals surface area contributed by atoms with Crippen LogP contribution in [-0.2, 0) is 4.79 Å². The number of piperazine rings is 1. The number of nitrogens with one attached hydrogen (secondary N) is 1. The average molecular weight is 268 g/mol. The van der Waals surface area contributed by atoms with Crippen LogP contribution in [0.4, 0.5) is 4.79 Å². The van der Waals surface area contributed by atoms with Crippen LogP contribution in [0, 0.1) is 5.41 Å². The van der Waals surface area contributed by atoms with E-state index in [9.17, 15) is 9.59 Å². The highest BCUT2D eigenvalue weighted by Crippen LogP contribution is 2.41. The van der Waals surface area contributed by atoms with Crippen LogP contribution in [0.5, 0.6) is 0 Å². The Hall–Kier alpha value is -1.30. The van der Waals surface area contributed by atoms with Crippen LogP contribution in [0.2, 0.25) is 0 Å². The van der Waals surface area contributed by atoms with E-state index < -0.39 is 0 Å². The van der Waals surface area contributed by atoms with Gasteiger partial charge in [-0.05, 0) is 19.8 Å². The van der Waals surface area contributed by atoms with E-state index in [-0.39, 0.29) is 17.4 Å². The topological polar surface area (TPSA) is 78.7 Å². The number of amides is 3. The lowest BCUT2D eigenvalue weighted by Gasteiger charge is -2.45. The smallest absolute Gasteiger partial charge is 0.317 e. The molecule has 2 aliphatic rings. The van der Waals surface area contributed by atoms with Gasteiger partial charge in [0.1, 0.15) is 0 Å². The Bertz CT molecular complexity index is 341. The minimum absolute atomic E-state index is 0.0354. The highest BCUT2D eigenvalue weighted by Gasteiger charge is 2.45. The summed E-state index contributed by atoms with van der Waals surface area (Å²) in [4.78, 5) is 27.8. The molecule has 6 heteroatoms. The lowest BCUT2D eigenvalue weighted by Crippen LogP contribution is -2.58. The molecule has 0 atom stereocenters. The number of nitrogens with two attached hydrogens (primary N) is 1. The number of urea groups is 1. The molecule has 1 saturated carbocycles. The van der Waals surface area contributed by atoms with Crippen molar-refractivity contribution in [3.8, 4) is 0 Å². The number of hydrogen-bond donors (Lipinski definition) is 2. The highest BCUT2D eigenvalue weighted by atomic mass is 16.2. The van der Waals surface area contributed by atoms with E-state index in [4.69, 9.17) is 5.73 Å². The second kappa shape index (κ2) is 5.77. The molecule has 0 radical (unpaired) electrons. The standard InChI is InChI=1S/C13H24N4O2/c1-2-15-12(19)17-8-6-16(7-9-17)11(18)13(10-14)4-3-5-13/h2-10,14H2,1H3,(H,15,19). The molecule has 1 aliphatic heterocycles. The van der Waals surface area contributed by atoms with Crippen LogP contribution in [-0.4, -0.2) is 61.0 Å². The zero-order valence-electron chi connectivity index (χ0n) is 11.7. The molecule has 2 rings (SSSR count). The van der Waals surface area contributed by atoms with Gasteiger partial charge >= 0.3 is 6.03 Å². The average Bonchev–Trinajstić information content (AvgIpc) is 2.38. The molecule has 19 heavy (non-hydrogen) atoms. The van der Waals surface area contributed by atoms with Crippen molar-refractivity contribution in [2.45, 2.75) is 26.2 Å². The zero-order valence-corrected chi connectivity index (χ0v) is 11.7. The summed E-state index contributed by atoms with van der Waals surface area (Å²) in [7, 11) is 0. The van der Waals surface area contributed by atoms with Gasteiger partial charge in [-0.15, -0.1) is 0 Å². The van der Waals surface area contributed by atoms with Gasteiger partial charge in [0.15, 0.2) is 0 Å². The molecule has 2 fully saturated rings. The minimum Gasteiger partial charge on any atom is -0.339 e. The SMILES string of the molecule is CCNC(=O)N1CCN(C(=O)C2(CN)CCC2)CC1. The molecule has 3 N–H and O–H groups in total. The minimum atomic E-state index is -0.298. The van der Waals surface area contributed by atoms with Crippen molar-refractivity contribution >= 4 is 11.9 Å². The number of nitrogens with zero attached hydrogens (tertiary/aromatic N) is 2. The van der Waals surface area contributed by atoms with Crippen LogP contribution in [0.1, 0.15) is 26.2 Å². The molecule has 0 aromatic heterocycles. The van der Waals surface area contributed by atoms with E-state index in [2.05, 4.69) is 5.32 Å². The molecule has 0 spiro atoms. The predicted molar refractivity (Wildman–Crippen MR) is 72.6 cm³/mol. The van der Waals surface area contributed by atoms with Gasteiger partial charge in [0, 0.05) is 39.3 Å². The van der Waals surface area contributed by atoms with Crippen LogP contribution in [0.25, 0.3) is 0 Å². The Morgan fingerprint density at radius 1 is 1.16 bits per heavy atom. The summed E-state index contributed by atoms with van der Waals surface area (Å²) in [5, 5.41) is 2.79. The number of hydrogen-bond acceptors (Lipinski definition) is 3. The third-order valence-corrected chi connectivity index (χ3v) is 4.34. The van der Waals surface area contributed by atoms with Crippen molar-refractivity contribution in [2.75, 3.05) is 39.3 Å². The maximum atomic E-state index is 12.5. The maximum absolute atomic E-state index is 12.5. The van der Waals surface area contributed by atoms with E-state index in [0.717, 1.165) is 19.3 Å². The van der Waals surface area contributed by atoms with Gasteiger partial charge in [0.2, 0.25) is 5.91 Å². The lowest BCUT2D eigenvalue weighted by molar-refractivity contribution is -0.148. The molecule has 0 bridgehead atoms. The lowest BCUT2D eigenvalue weighted by atomic mass is 9.67. The number of rotatable bonds is 3. The molecule has 1 aliphatic carbocycles. The Morgan fingerprint density at radius 3 is 2.16 bits per heavy atom. The maximum Gasteiger partial charge on any atom is 0.317 e. The van der Waals surface area contributed by atoms with Crippen LogP contribution in [0.15, 0.2) is 0 Å². The monoisotopic (exact) mass is 268 g/mol. The fourth-order valence-corrected chi connectivity index (χ4v) is 2.82. The van der Waals surface area contributed by atoms with Crippen molar-refractivity contribution in [1.82, 2.24) is 15.1 Å². The third kappa shape index (κ3) is 2.68. The molecule has 0 unspecified atom stereocenters. The zero-order chi connectivity index (χ0) is 13.9. The predicted octanol–water partition coefficient (Wildman–Crippen LogP) is -0.0109. The van der Waals surface area contributed by atoms with Gasteiger partial charge in [0.05, 0.1) is 5.41 Å². The fraction of sp³-hybridized carbons (Fsp3) is 0.846. The first-order valence-corrected chi connectivity index (χ1v) is 7.15. The van der Waals surface area contributed by atoms with E-state index in [1.165, 1.54) is 0 Å². The van der Waals surface area contributed by atoms with Gasteiger partial charge in [-0.25, -0.2) is 4.79 Å². The van der Waals surface area contributed by atoms with E-state index in [1.54, 1.807) is 4.90 Å². The molecule has 6 nitrogen and oxygen atoms in total. The van der Waals surface area contributed by atoms with E-state index in [1.807, 2.05) is 11.8 Å². The van der Waals surface area contributed by atoms with Crippen molar-refractivity contribution in [3.63, 3.8) is 0 Å². The first-order valence-electron chi connectivity index (χ1n) is 7.15. The van der Waals surface area contributed by atoms with E-state index in [0.29, 0.717) is 39.3 Å². The van der Waals surface area contributed by atoms with Gasteiger partial charge in [0.25, 0.3) is 0 Å². The highest BCUT2D eigenvalue weighted by molar-refractivity contribution is 5.84. The molecule has 1 heterocycles. The van der Waals surface area contributed by atoms with Crippen LogP contribution in [0.3, 0.4) is 0 Å². The molecule has 0 aromatic rings. The molecule has 1 saturated heterocycles. The summed E-state index contributed by atoms with van der Waals surface area (Å²) >= 11 is 0. The van der Waals surface area contributed by atoms with Crippen molar-refractivity contribution in [1.29, 1.82) is 0 Å². The van der Waals surface area contributed by atoms with Crippen molar-refractivity contribution in [3.05, 3.63) is 0 Å². The Morgan fingerprint density at radius 2 is 1.74 bits per heavy atom. The summed E-state index contributed by atoms with van der Waals surface area (Å²) in [6.45, 7) is 5.45. The van der Waals surface area contributed by atoms with Crippen LogP contribution >= 0.6 is 0 Å². The summed E-state index contributed by atoms with van der Waals surface area (Å²) in [6.07, 6.45) is 2.93. The van der Waals surface area contributed by atoms with Crippen LogP contribution < -0.4 is 11.1 Å². The molecular weight excluding hydrogens is 244 g/mol. The second-order valence-electron chi connectivity index (χ2n) is 5.45. The fourth-order valence-electron chi connectivity index (χ4n) is 2.82. The molecular formula is C13H24N4O2. The summed E-state index contributed by atoms with van der Waals surface area (Å²) < 4.78 is 0.